The molecule has 5 unspecified atom stereocenters. The molecule has 24 heavy (non-hydrogen) atoms. The number of aromatic hydroxyl groups is 1. The van der Waals surface area contributed by atoms with Crippen LogP contribution in [0.25, 0.3) is 6.08 Å². The van der Waals surface area contributed by atoms with E-state index in [9.17, 15) is 20.1 Å². The molecule has 132 valence electrons. The summed E-state index contributed by atoms with van der Waals surface area (Å²) in [4.78, 5) is 11.8. The maximum atomic E-state index is 11.8. The summed E-state index contributed by atoms with van der Waals surface area (Å²) in [5, 5.41) is 47.3. The monoisotopic (exact) mass is 340 g/mol. The molecule has 1 aromatic carbocycles. The van der Waals surface area contributed by atoms with Crippen LogP contribution in [0.15, 0.2) is 30.3 Å². The molecule has 5 atom stereocenters. The van der Waals surface area contributed by atoms with Crippen molar-refractivity contribution in [2.24, 2.45) is 0 Å². The Morgan fingerprint density at radius 3 is 2.42 bits per heavy atom. The first-order valence-corrected chi connectivity index (χ1v) is 7.34. The molecular formula is C16H20O8. The largest absolute Gasteiger partial charge is 0.508 e. The molecule has 0 radical (unpaired) electrons. The predicted molar refractivity (Wildman–Crippen MR) is 81.9 cm³/mol. The number of carbonyl (C=O) groups excluding carboxylic acids is 1. The first kappa shape index (κ1) is 18.5. The molecule has 1 heterocycles. The third kappa shape index (κ3) is 4.60. The van der Waals surface area contributed by atoms with E-state index in [4.69, 9.17) is 19.7 Å². The summed E-state index contributed by atoms with van der Waals surface area (Å²) in [6, 6.07) is 6.21. The molecule has 0 bridgehead atoms. The molecule has 1 aliphatic heterocycles. The fourth-order valence-electron chi connectivity index (χ4n) is 2.19. The van der Waals surface area contributed by atoms with Crippen LogP contribution in [0.1, 0.15) is 5.56 Å². The number of phenolic OH excluding ortho intramolecular Hbond substituents is 1. The Hall–Kier alpha value is -1.81. The molecule has 1 aliphatic rings. The molecule has 1 aromatic rings. The van der Waals surface area contributed by atoms with Crippen LogP contribution in [0.2, 0.25) is 0 Å². The minimum absolute atomic E-state index is 0.115. The SMILES string of the molecule is O=C(C=Cc1ccc(O)cc1)COC1OC(CO)C(O)C(O)C1O. The molecule has 0 aromatic heterocycles. The Bertz CT molecular complexity index is 568. The number of benzene rings is 1. The molecular weight excluding hydrogens is 320 g/mol. The number of carbonyl (C=O) groups is 1. The van der Waals surface area contributed by atoms with Crippen LogP contribution in [0.4, 0.5) is 0 Å². The van der Waals surface area contributed by atoms with Gasteiger partial charge in [-0.05, 0) is 23.8 Å². The van der Waals surface area contributed by atoms with Crippen molar-refractivity contribution in [2.75, 3.05) is 13.2 Å². The Kier molecular flexibility index (Phi) is 6.44. The molecule has 1 saturated heterocycles. The number of phenols is 1. The number of hydrogen-bond acceptors (Lipinski definition) is 8. The highest BCUT2D eigenvalue weighted by Crippen LogP contribution is 2.21. The number of rotatable bonds is 6. The van der Waals surface area contributed by atoms with Crippen molar-refractivity contribution in [3.63, 3.8) is 0 Å². The Morgan fingerprint density at radius 2 is 1.79 bits per heavy atom. The summed E-state index contributed by atoms with van der Waals surface area (Å²) >= 11 is 0. The fourth-order valence-corrected chi connectivity index (χ4v) is 2.19. The number of ketones is 1. The lowest BCUT2D eigenvalue weighted by Gasteiger charge is -2.39. The molecule has 0 saturated carbocycles. The Balaban J connectivity index is 1.87. The highest BCUT2D eigenvalue weighted by atomic mass is 16.7. The van der Waals surface area contributed by atoms with Gasteiger partial charge in [0.25, 0.3) is 0 Å². The van der Waals surface area contributed by atoms with Crippen molar-refractivity contribution in [2.45, 2.75) is 30.7 Å². The summed E-state index contributed by atoms with van der Waals surface area (Å²) in [6.07, 6.45) is -4.22. The standard InChI is InChI=1S/C16H20O8/c17-7-12-13(20)14(21)15(22)16(24-12)23-8-11(19)6-3-9-1-4-10(18)5-2-9/h1-6,12-18,20-22H,7-8H2. The van der Waals surface area contributed by atoms with E-state index in [0.29, 0.717) is 5.56 Å². The second kappa shape index (κ2) is 8.34. The summed E-state index contributed by atoms with van der Waals surface area (Å²) in [5.74, 6) is -0.301. The lowest BCUT2D eigenvalue weighted by Crippen LogP contribution is -2.59. The minimum atomic E-state index is -1.55. The smallest absolute Gasteiger partial charge is 0.187 e. The highest BCUT2D eigenvalue weighted by Gasteiger charge is 2.44. The zero-order chi connectivity index (χ0) is 17.7. The van der Waals surface area contributed by atoms with Crippen molar-refractivity contribution in [1.29, 1.82) is 0 Å². The van der Waals surface area contributed by atoms with Crippen molar-refractivity contribution < 1.29 is 39.8 Å². The molecule has 0 aliphatic carbocycles. The van der Waals surface area contributed by atoms with E-state index < -0.39 is 49.7 Å². The maximum absolute atomic E-state index is 11.8. The van der Waals surface area contributed by atoms with Gasteiger partial charge in [0.2, 0.25) is 0 Å². The lowest BCUT2D eigenvalue weighted by atomic mass is 9.99. The average molecular weight is 340 g/mol. The molecule has 1 fully saturated rings. The van der Waals surface area contributed by atoms with Crippen molar-refractivity contribution in [3.8, 4) is 5.75 Å². The third-order valence-electron chi connectivity index (χ3n) is 3.59. The summed E-state index contributed by atoms with van der Waals surface area (Å²) in [6.45, 7) is -0.989. The van der Waals surface area contributed by atoms with Gasteiger partial charge in [-0.1, -0.05) is 18.2 Å². The number of ether oxygens (including phenoxy) is 2. The molecule has 0 amide bonds. The topological polar surface area (TPSA) is 137 Å². The molecule has 8 heteroatoms. The van der Waals surface area contributed by atoms with Crippen LogP contribution in [0.3, 0.4) is 0 Å². The van der Waals surface area contributed by atoms with Crippen LogP contribution in [0, 0.1) is 0 Å². The van der Waals surface area contributed by atoms with Crippen molar-refractivity contribution in [3.05, 3.63) is 35.9 Å². The normalized spacial score (nSPS) is 30.6. The van der Waals surface area contributed by atoms with Gasteiger partial charge in [0, 0.05) is 0 Å². The maximum Gasteiger partial charge on any atom is 0.187 e. The van der Waals surface area contributed by atoms with Gasteiger partial charge in [0.15, 0.2) is 12.1 Å². The quantitative estimate of drug-likeness (QED) is 0.407. The van der Waals surface area contributed by atoms with Gasteiger partial charge in [-0.3, -0.25) is 4.79 Å². The fraction of sp³-hybridized carbons (Fsp3) is 0.438. The third-order valence-corrected chi connectivity index (χ3v) is 3.59. The van der Waals surface area contributed by atoms with Gasteiger partial charge < -0.3 is 35.0 Å². The number of aliphatic hydroxyl groups excluding tert-OH is 4. The first-order chi connectivity index (χ1) is 11.4. The molecule has 2 rings (SSSR count). The van der Waals surface area contributed by atoms with Gasteiger partial charge in [0.1, 0.15) is 36.8 Å². The Labute approximate surface area is 138 Å². The summed E-state index contributed by atoms with van der Waals surface area (Å²) in [5.41, 5.74) is 0.703. The van der Waals surface area contributed by atoms with Gasteiger partial charge in [0.05, 0.1) is 6.61 Å². The van der Waals surface area contributed by atoms with E-state index in [1.807, 2.05) is 0 Å². The van der Waals surface area contributed by atoms with Gasteiger partial charge in [-0.2, -0.15) is 0 Å². The van der Waals surface area contributed by atoms with E-state index in [1.165, 1.54) is 24.3 Å². The van der Waals surface area contributed by atoms with Crippen LogP contribution >= 0.6 is 0 Å². The van der Waals surface area contributed by atoms with Crippen LogP contribution < -0.4 is 0 Å². The number of hydrogen-bond donors (Lipinski definition) is 5. The summed E-state index contributed by atoms with van der Waals surface area (Å²) in [7, 11) is 0. The van der Waals surface area contributed by atoms with Crippen molar-refractivity contribution >= 4 is 11.9 Å². The van der Waals surface area contributed by atoms with Crippen LogP contribution in [0.5, 0.6) is 5.75 Å². The second-order valence-corrected chi connectivity index (χ2v) is 5.40. The molecule has 5 N–H and O–H groups in total. The first-order valence-electron chi connectivity index (χ1n) is 7.34. The predicted octanol–water partition coefficient (Wildman–Crippen LogP) is -1.21. The van der Waals surface area contributed by atoms with E-state index in [1.54, 1.807) is 12.1 Å². The van der Waals surface area contributed by atoms with Gasteiger partial charge >= 0.3 is 0 Å². The lowest BCUT2D eigenvalue weighted by molar-refractivity contribution is -0.298. The second-order valence-electron chi connectivity index (χ2n) is 5.40. The van der Waals surface area contributed by atoms with E-state index in [-0.39, 0.29) is 5.75 Å². The Morgan fingerprint density at radius 1 is 1.12 bits per heavy atom. The summed E-state index contributed by atoms with van der Waals surface area (Å²) < 4.78 is 10.2. The van der Waals surface area contributed by atoms with Gasteiger partial charge in [-0.15, -0.1) is 0 Å². The number of aliphatic hydroxyl groups is 4. The zero-order valence-corrected chi connectivity index (χ0v) is 12.7. The average Bonchev–Trinajstić information content (AvgIpc) is 2.58. The molecule has 8 nitrogen and oxygen atoms in total. The minimum Gasteiger partial charge on any atom is -0.508 e. The van der Waals surface area contributed by atoms with Crippen LogP contribution in [-0.4, -0.2) is 75.2 Å². The van der Waals surface area contributed by atoms with E-state index >= 15 is 0 Å². The van der Waals surface area contributed by atoms with E-state index in [0.717, 1.165) is 0 Å². The molecule has 0 spiro atoms. The van der Waals surface area contributed by atoms with Crippen molar-refractivity contribution in [1.82, 2.24) is 0 Å². The van der Waals surface area contributed by atoms with Gasteiger partial charge in [-0.25, -0.2) is 0 Å². The van der Waals surface area contributed by atoms with E-state index in [2.05, 4.69) is 0 Å². The zero-order valence-electron chi connectivity index (χ0n) is 12.7. The van der Waals surface area contributed by atoms with Crippen LogP contribution in [-0.2, 0) is 14.3 Å². The highest BCUT2D eigenvalue weighted by molar-refractivity contribution is 5.94.